The van der Waals surface area contributed by atoms with Crippen molar-refractivity contribution < 1.29 is 0 Å². The molecule has 1 aromatic heterocycles. The van der Waals surface area contributed by atoms with Crippen LogP contribution in [0.25, 0.3) is 11.3 Å². The summed E-state index contributed by atoms with van der Waals surface area (Å²) in [5, 5.41) is 3.32. The number of nitrogens with one attached hydrogen (secondary N) is 1. The van der Waals surface area contributed by atoms with Gasteiger partial charge in [0.05, 0.1) is 5.69 Å². The van der Waals surface area contributed by atoms with Gasteiger partial charge in [-0.15, -0.1) is 0 Å². The molecule has 110 valence electrons. The van der Waals surface area contributed by atoms with Crippen molar-refractivity contribution in [2.75, 3.05) is 11.9 Å². The van der Waals surface area contributed by atoms with Gasteiger partial charge >= 0.3 is 0 Å². The molecule has 1 aliphatic carbocycles. The van der Waals surface area contributed by atoms with Crippen LogP contribution in [0, 0.1) is 0 Å². The molecule has 1 N–H and O–H groups in total. The van der Waals surface area contributed by atoms with E-state index in [9.17, 15) is 0 Å². The minimum Gasteiger partial charge on any atom is -0.370 e. The highest BCUT2D eigenvalue weighted by Crippen LogP contribution is 2.39. The van der Waals surface area contributed by atoms with E-state index < -0.39 is 0 Å². The molecule has 0 radical (unpaired) electrons. The van der Waals surface area contributed by atoms with Gasteiger partial charge in [0.25, 0.3) is 0 Å². The molecular weight excluding hydrogens is 258 g/mol. The zero-order valence-corrected chi connectivity index (χ0v) is 13.1. The minimum atomic E-state index is 0.559. The van der Waals surface area contributed by atoms with E-state index in [2.05, 4.69) is 61.4 Å². The molecule has 0 saturated heterocycles. The second-order valence-electron chi connectivity index (χ2n) is 6.08. The van der Waals surface area contributed by atoms with Gasteiger partial charge in [0.2, 0.25) is 0 Å². The van der Waals surface area contributed by atoms with Gasteiger partial charge in [0.15, 0.2) is 0 Å². The number of rotatable bonds is 5. The van der Waals surface area contributed by atoms with Crippen LogP contribution < -0.4 is 5.32 Å². The molecule has 1 heterocycles. The molecule has 0 bridgehead atoms. The molecule has 0 aliphatic heterocycles. The Kier molecular flexibility index (Phi) is 3.91. The molecule has 1 fully saturated rings. The van der Waals surface area contributed by atoms with Crippen LogP contribution in [0.4, 0.5) is 5.82 Å². The molecule has 3 rings (SSSR count). The van der Waals surface area contributed by atoms with E-state index in [0.717, 1.165) is 23.9 Å². The quantitative estimate of drug-likeness (QED) is 0.872. The maximum absolute atomic E-state index is 4.77. The highest BCUT2D eigenvalue weighted by atomic mass is 15.0. The number of hydrogen-bond donors (Lipinski definition) is 1. The predicted molar refractivity (Wildman–Crippen MR) is 87.7 cm³/mol. The van der Waals surface area contributed by atoms with Gasteiger partial charge in [-0.1, -0.05) is 38.1 Å². The van der Waals surface area contributed by atoms with Crippen molar-refractivity contribution in [3.63, 3.8) is 0 Å². The van der Waals surface area contributed by atoms with Gasteiger partial charge in [0.1, 0.15) is 11.6 Å². The van der Waals surface area contributed by atoms with E-state index in [0.29, 0.717) is 11.8 Å². The van der Waals surface area contributed by atoms with Gasteiger partial charge in [-0.2, -0.15) is 0 Å². The van der Waals surface area contributed by atoms with Crippen LogP contribution in [0.5, 0.6) is 0 Å². The molecule has 1 saturated carbocycles. The van der Waals surface area contributed by atoms with Crippen LogP contribution in [0.3, 0.4) is 0 Å². The van der Waals surface area contributed by atoms with E-state index in [1.807, 2.05) is 0 Å². The molecule has 0 atom stereocenters. The topological polar surface area (TPSA) is 37.8 Å². The van der Waals surface area contributed by atoms with Gasteiger partial charge in [0, 0.05) is 24.1 Å². The van der Waals surface area contributed by atoms with Gasteiger partial charge < -0.3 is 5.32 Å². The summed E-state index contributed by atoms with van der Waals surface area (Å²) in [4.78, 5) is 9.41. The van der Waals surface area contributed by atoms with Gasteiger partial charge in [-0.3, -0.25) is 0 Å². The molecule has 2 aromatic rings. The SMILES string of the molecule is CCNc1cc(-c2ccc(C(C)C)cc2)nc(C2CC2)n1. The van der Waals surface area contributed by atoms with E-state index in [1.54, 1.807) is 0 Å². The van der Waals surface area contributed by atoms with Gasteiger partial charge in [-0.05, 0) is 31.2 Å². The maximum atomic E-state index is 4.77. The van der Waals surface area contributed by atoms with Crippen molar-refractivity contribution in [1.82, 2.24) is 9.97 Å². The number of benzene rings is 1. The number of nitrogens with zero attached hydrogens (tertiary/aromatic N) is 2. The van der Waals surface area contributed by atoms with Crippen LogP contribution in [0.2, 0.25) is 0 Å². The summed E-state index contributed by atoms with van der Waals surface area (Å²) >= 11 is 0. The fourth-order valence-corrected chi connectivity index (χ4v) is 2.45. The Morgan fingerprint density at radius 3 is 2.43 bits per heavy atom. The highest BCUT2D eigenvalue weighted by molar-refractivity contribution is 5.63. The lowest BCUT2D eigenvalue weighted by Crippen LogP contribution is -2.04. The first-order valence-electron chi connectivity index (χ1n) is 7.90. The largest absolute Gasteiger partial charge is 0.370 e. The Morgan fingerprint density at radius 1 is 1.14 bits per heavy atom. The third-order valence-corrected chi connectivity index (χ3v) is 3.92. The third kappa shape index (κ3) is 3.23. The fourth-order valence-electron chi connectivity index (χ4n) is 2.45. The molecule has 3 heteroatoms. The Balaban J connectivity index is 1.95. The smallest absolute Gasteiger partial charge is 0.134 e. The molecule has 0 spiro atoms. The summed E-state index contributed by atoms with van der Waals surface area (Å²) in [5.41, 5.74) is 3.56. The average molecular weight is 281 g/mol. The van der Waals surface area contributed by atoms with Crippen molar-refractivity contribution in [2.24, 2.45) is 0 Å². The molecule has 1 aromatic carbocycles. The predicted octanol–water partition coefficient (Wildman–Crippen LogP) is 4.58. The second kappa shape index (κ2) is 5.84. The zero-order chi connectivity index (χ0) is 14.8. The van der Waals surface area contributed by atoms with Crippen molar-refractivity contribution >= 4 is 5.82 Å². The maximum Gasteiger partial charge on any atom is 0.134 e. The Morgan fingerprint density at radius 2 is 1.86 bits per heavy atom. The molecule has 1 aliphatic rings. The summed E-state index contributed by atoms with van der Waals surface area (Å²) < 4.78 is 0. The van der Waals surface area contributed by atoms with Crippen molar-refractivity contribution in [1.29, 1.82) is 0 Å². The van der Waals surface area contributed by atoms with Crippen molar-refractivity contribution in [3.05, 3.63) is 41.7 Å². The van der Waals surface area contributed by atoms with Crippen molar-refractivity contribution in [3.8, 4) is 11.3 Å². The average Bonchev–Trinajstić information content (AvgIpc) is 3.32. The lowest BCUT2D eigenvalue weighted by Gasteiger charge is -2.10. The summed E-state index contributed by atoms with van der Waals surface area (Å²) in [5.74, 6) is 3.06. The normalized spacial score (nSPS) is 14.5. The van der Waals surface area contributed by atoms with Crippen LogP contribution in [0.1, 0.15) is 56.8 Å². The standard InChI is InChI=1S/C18H23N3/c1-4-19-17-11-16(20-18(21-17)15-9-10-15)14-7-5-13(6-8-14)12(2)3/h5-8,11-12,15H,4,9-10H2,1-3H3,(H,19,20,21). The Bertz CT molecular complexity index is 613. The Labute approximate surface area is 126 Å². The first-order chi connectivity index (χ1) is 10.2. The molecular formula is C18H23N3. The monoisotopic (exact) mass is 281 g/mol. The van der Waals surface area contributed by atoms with Crippen LogP contribution >= 0.6 is 0 Å². The van der Waals surface area contributed by atoms with E-state index >= 15 is 0 Å². The number of anilines is 1. The van der Waals surface area contributed by atoms with E-state index in [1.165, 1.54) is 24.0 Å². The molecule has 0 unspecified atom stereocenters. The first-order valence-corrected chi connectivity index (χ1v) is 7.90. The van der Waals surface area contributed by atoms with Gasteiger partial charge in [-0.25, -0.2) is 9.97 Å². The molecule has 0 amide bonds. The first kappa shape index (κ1) is 14.1. The molecule has 21 heavy (non-hydrogen) atoms. The lowest BCUT2D eigenvalue weighted by molar-refractivity contribution is 0.866. The zero-order valence-electron chi connectivity index (χ0n) is 13.1. The highest BCUT2D eigenvalue weighted by Gasteiger charge is 2.27. The van der Waals surface area contributed by atoms with E-state index in [4.69, 9.17) is 4.98 Å². The lowest BCUT2D eigenvalue weighted by atomic mass is 10.0. The van der Waals surface area contributed by atoms with Crippen molar-refractivity contribution in [2.45, 2.75) is 45.4 Å². The summed E-state index contributed by atoms with van der Waals surface area (Å²) in [6.07, 6.45) is 2.45. The molecule has 3 nitrogen and oxygen atoms in total. The van der Waals surface area contributed by atoms with Crippen LogP contribution in [-0.4, -0.2) is 16.5 Å². The Hall–Kier alpha value is -1.90. The van der Waals surface area contributed by atoms with E-state index in [-0.39, 0.29) is 0 Å². The minimum absolute atomic E-state index is 0.559. The summed E-state index contributed by atoms with van der Waals surface area (Å²) in [6.45, 7) is 7.41. The third-order valence-electron chi connectivity index (χ3n) is 3.92. The van der Waals surface area contributed by atoms with Crippen LogP contribution in [-0.2, 0) is 0 Å². The second-order valence-corrected chi connectivity index (χ2v) is 6.08. The summed E-state index contributed by atoms with van der Waals surface area (Å²) in [7, 11) is 0. The van der Waals surface area contributed by atoms with Crippen LogP contribution in [0.15, 0.2) is 30.3 Å². The number of aromatic nitrogens is 2. The summed E-state index contributed by atoms with van der Waals surface area (Å²) in [6, 6.07) is 10.8. The fraction of sp³-hybridized carbons (Fsp3) is 0.444. The number of hydrogen-bond acceptors (Lipinski definition) is 3.